The summed E-state index contributed by atoms with van der Waals surface area (Å²) in [5.41, 5.74) is 1.18. The first-order chi connectivity index (χ1) is 9.43. The Morgan fingerprint density at radius 3 is 2.75 bits per heavy atom. The van der Waals surface area contributed by atoms with Crippen LogP contribution in [0.4, 0.5) is 0 Å². The van der Waals surface area contributed by atoms with Gasteiger partial charge in [0.05, 0.1) is 0 Å². The van der Waals surface area contributed by atoms with Gasteiger partial charge in [-0.05, 0) is 43.4 Å². The summed E-state index contributed by atoms with van der Waals surface area (Å²) >= 11 is 6.04. The highest BCUT2D eigenvalue weighted by atomic mass is 35.5. The van der Waals surface area contributed by atoms with E-state index in [0.717, 1.165) is 12.8 Å². The van der Waals surface area contributed by atoms with Gasteiger partial charge >= 0.3 is 5.97 Å². The van der Waals surface area contributed by atoms with E-state index in [1.54, 1.807) is 25.1 Å². The van der Waals surface area contributed by atoms with Crippen LogP contribution in [0, 0.1) is 12.8 Å². The molecule has 2 unspecified atom stereocenters. The van der Waals surface area contributed by atoms with E-state index in [1.165, 1.54) is 4.90 Å². The van der Waals surface area contributed by atoms with Crippen LogP contribution in [0.1, 0.15) is 35.7 Å². The molecule has 1 saturated heterocycles. The molecule has 108 valence electrons. The highest BCUT2D eigenvalue weighted by Gasteiger charge is 2.37. The van der Waals surface area contributed by atoms with Crippen molar-refractivity contribution in [2.24, 2.45) is 5.92 Å². The van der Waals surface area contributed by atoms with Crippen molar-refractivity contribution in [3.05, 3.63) is 34.3 Å². The summed E-state index contributed by atoms with van der Waals surface area (Å²) in [7, 11) is 0. The molecule has 1 heterocycles. The second kappa shape index (κ2) is 5.83. The highest BCUT2D eigenvalue weighted by molar-refractivity contribution is 6.31. The number of piperidine rings is 1. The molecule has 2 rings (SSSR count). The topological polar surface area (TPSA) is 57.6 Å². The van der Waals surface area contributed by atoms with Crippen LogP contribution in [0.5, 0.6) is 0 Å². The smallest absolute Gasteiger partial charge is 0.326 e. The summed E-state index contributed by atoms with van der Waals surface area (Å²) in [6, 6.07) is 4.38. The molecular formula is C15H18ClNO3. The Balaban J connectivity index is 2.35. The average molecular weight is 296 g/mol. The molecule has 1 aliphatic rings. The number of benzene rings is 1. The molecule has 2 atom stereocenters. The van der Waals surface area contributed by atoms with Crippen LogP contribution in [0.15, 0.2) is 18.2 Å². The Morgan fingerprint density at radius 2 is 2.10 bits per heavy atom. The zero-order chi connectivity index (χ0) is 14.9. The summed E-state index contributed by atoms with van der Waals surface area (Å²) in [5, 5.41) is 9.90. The molecule has 0 aliphatic carbocycles. The number of hydrogen-bond donors (Lipinski definition) is 1. The van der Waals surface area contributed by atoms with Crippen LogP contribution < -0.4 is 0 Å². The van der Waals surface area contributed by atoms with Gasteiger partial charge in [0, 0.05) is 17.1 Å². The number of rotatable bonds is 2. The van der Waals surface area contributed by atoms with E-state index in [2.05, 4.69) is 0 Å². The number of carboxylic acid groups (broad SMARTS) is 1. The van der Waals surface area contributed by atoms with Gasteiger partial charge in [0.1, 0.15) is 6.04 Å². The molecule has 1 amide bonds. The van der Waals surface area contributed by atoms with Crippen LogP contribution in [-0.2, 0) is 4.79 Å². The van der Waals surface area contributed by atoms with Gasteiger partial charge < -0.3 is 10.0 Å². The first-order valence-corrected chi connectivity index (χ1v) is 7.10. The number of carboxylic acids is 1. The zero-order valence-electron chi connectivity index (χ0n) is 11.6. The molecule has 1 aromatic carbocycles. The quantitative estimate of drug-likeness (QED) is 0.912. The number of amides is 1. The van der Waals surface area contributed by atoms with Crippen molar-refractivity contribution < 1.29 is 14.7 Å². The normalized spacial score (nSPS) is 22.6. The molecule has 0 radical (unpaired) electrons. The Labute approximate surface area is 123 Å². The van der Waals surface area contributed by atoms with Gasteiger partial charge in [0.15, 0.2) is 0 Å². The number of halogens is 1. The minimum absolute atomic E-state index is 0.0373. The molecule has 1 N–H and O–H groups in total. The number of hydrogen-bond acceptors (Lipinski definition) is 2. The Morgan fingerprint density at radius 1 is 1.40 bits per heavy atom. The molecule has 4 nitrogen and oxygen atoms in total. The third-order valence-electron chi connectivity index (χ3n) is 3.95. The second-order valence-corrected chi connectivity index (χ2v) is 5.72. The Bertz CT molecular complexity index is 544. The van der Waals surface area contributed by atoms with Crippen molar-refractivity contribution in [1.82, 2.24) is 4.90 Å². The number of carbonyl (C=O) groups is 2. The number of carbonyl (C=O) groups excluding carboxylic acids is 1. The molecule has 1 aliphatic heterocycles. The summed E-state index contributed by atoms with van der Waals surface area (Å²) in [5.74, 6) is -1.22. The minimum atomic E-state index is -0.940. The summed E-state index contributed by atoms with van der Waals surface area (Å²) in [4.78, 5) is 25.5. The predicted octanol–water partition coefficient (Wildman–Crippen LogP) is 2.97. The fourth-order valence-corrected chi connectivity index (χ4v) is 2.96. The van der Waals surface area contributed by atoms with Crippen LogP contribution >= 0.6 is 11.6 Å². The van der Waals surface area contributed by atoms with E-state index in [-0.39, 0.29) is 11.8 Å². The van der Waals surface area contributed by atoms with Crippen molar-refractivity contribution in [3.63, 3.8) is 0 Å². The molecule has 0 saturated carbocycles. The molecule has 20 heavy (non-hydrogen) atoms. The van der Waals surface area contributed by atoms with Crippen molar-refractivity contribution in [1.29, 1.82) is 0 Å². The lowest BCUT2D eigenvalue weighted by Gasteiger charge is -2.37. The summed E-state index contributed by atoms with van der Waals surface area (Å²) in [6.45, 7) is 4.13. The maximum absolute atomic E-state index is 12.6. The lowest BCUT2D eigenvalue weighted by Crippen LogP contribution is -2.52. The van der Waals surface area contributed by atoms with Gasteiger partial charge in [0.2, 0.25) is 0 Å². The Kier molecular flexibility index (Phi) is 4.33. The molecule has 1 aromatic rings. The molecular weight excluding hydrogens is 278 g/mol. The number of nitrogens with zero attached hydrogens (tertiary/aromatic N) is 1. The fourth-order valence-electron chi connectivity index (χ4n) is 2.79. The predicted molar refractivity (Wildman–Crippen MR) is 77.0 cm³/mol. The van der Waals surface area contributed by atoms with Crippen LogP contribution in [-0.4, -0.2) is 34.5 Å². The highest BCUT2D eigenvalue weighted by Crippen LogP contribution is 2.27. The summed E-state index contributed by atoms with van der Waals surface area (Å²) in [6.07, 6.45) is 1.66. The first-order valence-electron chi connectivity index (χ1n) is 6.72. The summed E-state index contributed by atoms with van der Waals surface area (Å²) < 4.78 is 0. The SMILES string of the molecule is Cc1c(Cl)cccc1C(=O)N1CCCC(C)C1C(=O)O. The average Bonchev–Trinajstić information content (AvgIpc) is 2.40. The fraction of sp³-hybridized carbons (Fsp3) is 0.467. The van der Waals surface area contributed by atoms with Crippen molar-refractivity contribution in [3.8, 4) is 0 Å². The number of aliphatic carboxylic acids is 1. The van der Waals surface area contributed by atoms with E-state index in [0.29, 0.717) is 22.7 Å². The number of likely N-dealkylation sites (tertiary alicyclic amines) is 1. The third kappa shape index (κ3) is 2.66. The van der Waals surface area contributed by atoms with E-state index < -0.39 is 12.0 Å². The zero-order valence-corrected chi connectivity index (χ0v) is 12.4. The van der Waals surface area contributed by atoms with Crippen LogP contribution in [0.2, 0.25) is 5.02 Å². The molecule has 0 aromatic heterocycles. The van der Waals surface area contributed by atoms with E-state index in [9.17, 15) is 14.7 Å². The van der Waals surface area contributed by atoms with Crippen molar-refractivity contribution >= 4 is 23.5 Å². The maximum atomic E-state index is 12.6. The van der Waals surface area contributed by atoms with E-state index >= 15 is 0 Å². The Hall–Kier alpha value is -1.55. The minimum Gasteiger partial charge on any atom is -0.480 e. The van der Waals surface area contributed by atoms with Gasteiger partial charge in [-0.2, -0.15) is 0 Å². The van der Waals surface area contributed by atoms with Crippen molar-refractivity contribution in [2.75, 3.05) is 6.54 Å². The largest absolute Gasteiger partial charge is 0.480 e. The second-order valence-electron chi connectivity index (χ2n) is 5.31. The van der Waals surface area contributed by atoms with Gasteiger partial charge in [-0.25, -0.2) is 4.79 Å². The lowest BCUT2D eigenvalue weighted by atomic mass is 9.90. The maximum Gasteiger partial charge on any atom is 0.326 e. The van der Waals surface area contributed by atoms with Gasteiger partial charge in [-0.3, -0.25) is 4.79 Å². The van der Waals surface area contributed by atoms with E-state index in [1.807, 2.05) is 6.92 Å². The molecule has 1 fully saturated rings. The molecule has 5 heteroatoms. The third-order valence-corrected chi connectivity index (χ3v) is 4.35. The first kappa shape index (κ1) is 14.9. The monoisotopic (exact) mass is 295 g/mol. The molecule has 0 bridgehead atoms. The molecule has 0 spiro atoms. The van der Waals surface area contributed by atoms with Gasteiger partial charge in [-0.1, -0.05) is 24.6 Å². The van der Waals surface area contributed by atoms with E-state index in [4.69, 9.17) is 11.6 Å². The van der Waals surface area contributed by atoms with Crippen LogP contribution in [0.25, 0.3) is 0 Å². The van der Waals surface area contributed by atoms with Gasteiger partial charge in [-0.15, -0.1) is 0 Å². The van der Waals surface area contributed by atoms with Crippen molar-refractivity contribution in [2.45, 2.75) is 32.7 Å². The lowest BCUT2D eigenvalue weighted by molar-refractivity contribution is -0.145. The van der Waals surface area contributed by atoms with Crippen LogP contribution in [0.3, 0.4) is 0 Å². The van der Waals surface area contributed by atoms with Gasteiger partial charge in [0.25, 0.3) is 5.91 Å². The standard InChI is InChI=1S/C15H18ClNO3/c1-9-5-4-8-17(13(9)15(19)20)14(18)11-6-3-7-12(16)10(11)2/h3,6-7,9,13H,4-5,8H2,1-2H3,(H,19,20).